The fraction of sp³-hybridized carbons (Fsp3) is 0.417. The van der Waals surface area contributed by atoms with Crippen molar-refractivity contribution in [3.05, 3.63) is 29.8 Å². The van der Waals surface area contributed by atoms with Crippen molar-refractivity contribution in [3.63, 3.8) is 0 Å². The Kier molecular flexibility index (Phi) is 4.13. The lowest BCUT2D eigenvalue weighted by Crippen LogP contribution is -2.24. The quantitative estimate of drug-likeness (QED) is 0.894. The number of hydrogen-bond acceptors (Lipinski definition) is 3. The monoisotopic (exact) mass is 252 g/mol. The summed E-state index contributed by atoms with van der Waals surface area (Å²) < 4.78 is 26.0. The lowest BCUT2D eigenvalue weighted by Gasteiger charge is -2.15. The highest BCUT2D eigenvalue weighted by molar-refractivity contribution is 7.93. The first-order valence-corrected chi connectivity index (χ1v) is 6.93. The van der Waals surface area contributed by atoms with Crippen LogP contribution in [-0.2, 0) is 10.0 Å². The molecule has 0 saturated heterocycles. The molecule has 0 aliphatic heterocycles. The minimum absolute atomic E-state index is 0.214. The normalized spacial score (nSPS) is 13.1. The first-order chi connectivity index (χ1) is 7.88. The van der Waals surface area contributed by atoms with Crippen molar-refractivity contribution in [1.82, 2.24) is 0 Å². The second-order valence-electron chi connectivity index (χ2n) is 4.16. The smallest absolute Gasteiger partial charge is 0.248 e. The second-order valence-corrected chi connectivity index (χ2v) is 6.16. The topological polar surface area (TPSA) is 70.0 Å². The Labute approximate surface area is 102 Å². The summed E-state index contributed by atoms with van der Waals surface area (Å²) in [5, 5.41) is 7.59. The molecule has 4 nitrogen and oxygen atoms in total. The molecule has 1 atom stereocenters. The van der Waals surface area contributed by atoms with Gasteiger partial charge in [0.2, 0.25) is 10.0 Å². The minimum Gasteiger partial charge on any atom is -0.282 e. The van der Waals surface area contributed by atoms with E-state index < -0.39 is 15.3 Å². The highest BCUT2D eigenvalue weighted by Crippen LogP contribution is 2.25. The first kappa shape index (κ1) is 13.5. The van der Waals surface area contributed by atoms with E-state index in [4.69, 9.17) is 5.26 Å². The number of sulfonamides is 1. The van der Waals surface area contributed by atoms with Gasteiger partial charge in [0.15, 0.2) is 5.25 Å². The zero-order valence-electron chi connectivity index (χ0n) is 10.1. The third-order valence-corrected chi connectivity index (χ3v) is 4.02. The molecular formula is C12H16N2O2S. The third-order valence-electron chi connectivity index (χ3n) is 2.48. The van der Waals surface area contributed by atoms with Crippen LogP contribution in [0, 0.1) is 11.3 Å². The molecule has 0 spiro atoms. The molecule has 1 aromatic rings. The molecule has 0 radical (unpaired) electrons. The van der Waals surface area contributed by atoms with Crippen molar-refractivity contribution in [1.29, 1.82) is 5.26 Å². The molecule has 0 saturated carbocycles. The molecule has 1 aromatic carbocycles. The van der Waals surface area contributed by atoms with Crippen LogP contribution < -0.4 is 4.72 Å². The average Bonchev–Trinajstić information content (AvgIpc) is 2.27. The van der Waals surface area contributed by atoms with Crippen molar-refractivity contribution in [2.24, 2.45) is 0 Å². The Hall–Kier alpha value is -1.54. The van der Waals surface area contributed by atoms with E-state index in [1.807, 2.05) is 26.0 Å². The van der Waals surface area contributed by atoms with Crippen molar-refractivity contribution in [2.45, 2.75) is 31.9 Å². The number of benzene rings is 1. The van der Waals surface area contributed by atoms with Gasteiger partial charge in [0.25, 0.3) is 0 Å². The molecule has 0 aliphatic carbocycles. The SMILES string of the molecule is CC(C)c1ccccc1NS(=O)(=O)C(C)C#N. The predicted octanol–water partition coefficient (Wildman–Crippen LogP) is 2.46. The lowest BCUT2D eigenvalue weighted by molar-refractivity contribution is 0.597. The van der Waals surface area contributed by atoms with Crippen LogP contribution in [0.3, 0.4) is 0 Å². The fourth-order valence-electron chi connectivity index (χ4n) is 1.40. The summed E-state index contributed by atoms with van der Waals surface area (Å²) in [6.45, 7) is 5.34. The van der Waals surface area contributed by atoms with Gasteiger partial charge in [0.1, 0.15) is 0 Å². The van der Waals surface area contributed by atoms with Crippen LogP contribution in [0.2, 0.25) is 0 Å². The number of nitrogens with one attached hydrogen (secondary N) is 1. The van der Waals surface area contributed by atoms with Crippen molar-refractivity contribution in [2.75, 3.05) is 4.72 Å². The number of anilines is 1. The highest BCUT2D eigenvalue weighted by atomic mass is 32.2. The molecule has 17 heavy (non-hydrogen) atoms. The Morgan fingerprint density at radius 1 is 1.24 bits per heavy atom. The maximum Gasteiger partial charge on any atom is 0.248 e. The van der Waals surface area contributed by atoms with Crippen LogP contribution in [0.15, 0.2) is 24.3 Å². The summed E-state index contributed by atoms with van der Waals surface area (Å²) in [4.78, 5) is 0. The van der Waals surface area contributed by atoms with E-state index in [1.54, 1.807) is 18.2 Å². The standard InChI is InChI=1S/C12H16N2O2S/c1-9(2)11-6-4-5-7-12(11)14-17(15,16)10(3)8-13/h4-7,9-10,14H,1-3H3. The lowest BCUT2D eigenvalue weighted by atomic mass is 10.0. The molecule has 0 heterocycles. The average molecular weight is 252 g/mol. The number of nitrogens with zero attached hydrogens (tertiary/aromatic N) is 1. The molecule has 0 aliphatic rings. The van der Waals surface area contributed by atoms with Gasteiger partial charge in [-0.15, -0.1) is 0 Å². The largest absolute Gasteiger partial charge is 0.282 e. The fourth-order valence-corrected chi connectivity index (χ4v) is 2.21. The van der Waals surface area contributed by atoms with Crippen LogP contribution in [0.1, 0.15) is 32.3 Å². The molecule has 0 bridgehead atoms. The Balaban J connectivity index is 3.09. The van der Waals surface area contributed by atoms with Crippen molar-refractivity contribution in [3.8, 4) is 6.07 Å². The molecule has 1 unspecified atom stereocenters. The number of hydrogen-bond donors (Lipinski definition) is 1. The first-order valence-electron chi connectivity index (χ1n) is 5.38. The van der Waals surface area contributed by atoms with Crippen LogP contribution in [0.5, 0.6) is 0 Å². The Morgan fingerprint density at radius 2 is 1.82 bits per heavy atom. The van der Waals surface area contributed by atoms with E-state index in [9.17, 15) is 8.42 Å². The summed E-state index contributed by atoms with van der Waals surface area (Å²) in [5.74, 6) is 0.214. The van der Waals surface area contributed by atoms with Gasteiger partial charge in [-0.3, -0.25) is 4.72 Å². The number of rotatable bonds is 4. The summed E-state index contributed by atoms with van der Waals surface area (Å²) in [5.41, 5.74) is 1.46. The van der Waals surface area contributed by atoms with E-state index in [-0.39, 0.29) is 5.92 Å². The van der Waals surface area contributed by atoms with Gasteiger partial charge in [-0.1, -0.05) is 32.0 Å². The second kappa shape index (κ2) is 5.19. The maximum absolute atomic E-state index is 11.8. The number of nitriles is 1. The van der Waals surface area contributed by atoms with Crippen LogP contribution in [-0.4, -0.2) is 13.7 Å². The zero-order valence-corrected chi connectivity index (χ0v) is 11.0. The van der Waals surface area contributed by atoms with Crippen molar-refractivity contribution >= 4 is 15.7 Å². The molecule has 0 aromatic heterocycles. The number of para-hydroxylation sites is 1. The summed E-state index contributed by atoms with van der Waals surface area (Å²) in [7, 11) is -3.63. The van der Waals surface area contributed by atoms with Crippen LogP contribution in [0.4, 0.5) is 5.69 Å². The molecule has 5 heteroatoms. The molecular weight excluding hydrogens is 236 g/mol. The van der Waals surface area contributed by atoms with Gasteiger partial charge >= 0.3 is 0 Å². The molecule has 0 fully saturated rings. The van der Waals surface area contributed by atoms with E-state index in [1.165, 1.54) is 6.92 Å². The zero-order chi connectivity index (χ0) is 13.1. The summed E-state index contributed by atoms with van der Waals surface area (Å²) >= 11 is 0. The van der Waals surface area contributed by atoms with Gasteiger partial charge in [-0.25, -0.2) is 8.42 Å². The van der Waals surface area contributed by atoms with E-state index in [2.05, 4.69) is 4.72 Å². The molecule has 92 valence electrons. The van der Waals surface area contributed by atoms with Crippen molar-refractivity contribution < 1.29 is 8.42 Å². The van der Waals surface area contributed by atoms with Gasteiger partial charge in [0.05, 0.1) is 11.8 Å². The predicted molar refractivity (Wildman–Crippen MR) is 68.1 cm³/mol. The van der Waals surface area contributed by atoms with E-state index >= 15 is 0 Å². The van der Waals surface area contributed by atoms with E-state index in [0.29, 0.717) is 5.69 Å². The van der Waals surface area contributed by atoms with E-state index in [0.717, 1.165) is 5.56 Å². The Bertz CT molecular complexity index is 530. The molecule has 0 amide bonds. The van der Waals surface area contributed by atoms with Crippen LogP contribution in [0.25, 0.3) is 0 Å². The highest BCUT2D eigenvalue weighted by Gasteiger charge is 2.21. The Morgan fingerprint density at radius 3 is 2.35 bits per heavy atom. The molecule has 1 N–H and O–H groups in total. The third kappa shape index (κ3) is 3.21. The van der Waals surface area contributed by atoms with Gasteiger partial charge in [-0.2, -0.15) is 5.26 Å². The molecule has 1 rings (SSSR count). The van der Waals surface area contributed by atoms with Crippen LogP contribution >= 0.6 is 0 Å². The van der Waals surface area contributed by atoms with Gasteiger partial charge in [-0.05, 0) is 24.5 Å². The van der Waals surface area contributed by atoms with Gasteiger partial charge in [0, 0.05) is 0 Å². The summed E-state index contributed by atoms with van der Waals surface area (Å²) in [6, 6.07) is 8.93. The van der Waals surface area contributed by atoms with Gasteiger partial charge < -0.3 is 0 Å². The summed E-state index contributed by atoms with van der Waals surface area (Å²) in [6.07, 6.45) is 0. The maximum atomic E-state index is 11.8. The minimum atomic E-state index is -3.63.